The van der Waals surface area contributed by atoms with Crippen molar-refractivity contribution in [3.63, 3.8) is 0 Å². The zero-order valence-electron chi connectivity index (χ0n) is 14.3. The number of imidazole rings is 1. The molecule has 2 aromatic heterocycles. The third-order valence-electron chi connectivity index (χ3n) is 3.60. The maximum Gasteiger partial charge on any atom is 0.208 e. The van der Waals surface area contributed by atoms with Crippen molar-refractivity contribution in [2.24, 2.45) is 0 Å². The number of hydrogen-bond acceptors (Lipinski definition) is 5. The van der Waals surface area contributed by atoms with Gasteiger partial charge in [-0.1, -0.05) is 48.0 Å². The Labute approximate surface area is 151 Å². The van der Waals surface area contributed by atoms with Crippen LogP contribution in [-0.4, -0.2) is 31.2 Å². The standard InChI is InChI=1S/C19H20N4OS/c1-14(2)23-13-20-17-18(23)21-16(10-6-7-11-24)22-19(17)25-12-15-8-4-3-5-9-15/h3-5,8-9,13-14,24H,7,11-12H2,1-2H3. The summed E-state index contributed by atoms with van der Waals surface area (Å²) >= 11 is 1.64. The molecule has 0 radical (unpaired) electrons. The summed E-state index contributed by atoms with van der Waals surface area (Å²) in [6, 6.07) is 10.5. The second kappa shape index (κ2) is 8.15. The molecule has 0 bridgehead atoms. The molecule has 1 aromatic carbocycles. The van der Waals surface area contributed by atoms with Crippen LogP contribution >= 0.6 is 11.8 Å². The van der Waals surface area contributed by atoms with Gasteiger partial charge in [-0.3, -0.25) is 0 Å². The largest absolute Gasteiger partial charge is 0.395 e. The van der Waals surface area contributed by atoms with Gasteiger partial charge < -0.3 is 9.67 Å². The molecule has 0 aliphatic rings. The quantitative estimate of drug-likeness (QED) is 0.433. The number of thioether (sulfide) groups is 1. The van der Waals surface area contributed by atoms with E-state index in [1.54, 1.807) is 11.8 Å². The Bertz CT molecular complexity index is 910. The predicted octanol–water partition coefficient (Wildman–Crippen LogP) is 3.43. The van der Waals surface area contributed by atoms with Gasteiger partial charge in [0.15, 0.2) is 5.65 Å². The Morgan fingerprint density at radius 2 is 2.00 bits per heavy atom. The van der Waals surface area contributed by atoms with Crippen LogP contribution in [0.25, 0.3) is 11.2 Å². The smallest absolute Gasteiger partial charge is 0.208 e. The molecule has 0 saturated carbocycles. The number of aliphatic hydroxyl groups is 1. The third kappa shape index (κ3) is 4.19. The van der Waals surface area contributed by atoms with Gasteiger partial charge in [-0.05, 0) is 25.3 Å². The molecule has 0 spiro atoms. The Hall–Kier alpha value is -2.36. The molecule has 0 unspecified atom stereocenters. The van der Waals surface area contributed by atoms with Crippen molar-refractivity contribution in [2.45, 2.75) is 37.1 Å². The molecular formula is C19H20N4OS. The van der Waals surface area contributed by atoms with E-state index >= 15 is 0 Å². The Kier molecular flexibility index (Phi) is 5.69. The lowest BCUT2D eigenvalue weighted by Gasteiger charge is -2.08. The summed E-state index contributed by atoms with van der Waals surface area (Å²) in [6.45, 7) is 4.23. The van der Waals surface area contributed by atoms with Crippen molar-refractivity contribution in [3.8, 4) is 11.8 Å². The zero-order valence-corrected chi connectivity index (χ0v) is 15.1. The number of fused-ring (bicyclic) bond motifs is 1. The Morgan fingerprint density at radius 3 is 2.72 bits per heavy atom. The molecule has 0 saturated heterocycles. The summed E-state index contributed by atoms with van der Waals surface area (Å²) in [4.78, 5) is 13.7. The first-order valence-electron chi connectivity index (χ1n) is 8.20. The van der Waals surface area contributed by atoms with Crippen LogP contribution in [0.4, 0.5) is 0 Å². The van der Waals surface area contributed by atoms with E-state index in [4.69, 9.17) is 5.11 Å². The van der Waals surface area contributed by atoms with Crippen LogP contribution in [0.2, 0.25) is 0 Å². The van der Waals surface area contributed by atoms with E-state index in [-0.39, 0.29) is 12.6 Å². The lowest BCUT2D eigenvalue weighted by molar-refractivity contribution is 0.305. The topological polar surface area (TPSA) is 63.8 Å². The normalized spacial score (nSPS) is 10.9. The first-order chi connectivity index (χ1) is 12.2. The lowest BCUT2D eigenvalue weighted by Crippen LogP contribution is -2.02. The monoisotopic (exact) mass is 352 g/mol. The minimum Gasteiger partial charge on any atom is -0.395 e. The number of nitrogens with zero attached hydrogens (tertiary/aromatic N) is 4. The van der Waals surface area contributed by atoms with E-state index in [1.807, 2.05) is 29.1 Å². The van der Waals surface area contributed by atoms with Gasteiger partial charge >= 0.3 is 0 Å². The predicted molar refractivity (Wildman–Crippen MR) is 100 cm³/mol. The summed E-state index contributed by atoms with van der Waals surface area (Å²) < 4.78 is 2.03. The minimum absolute atomic E-state index is 0.0365. The molecule has 0 aliphatic heterocycles. The maximum atomic E-state index is 8.90. The Balaban J connectivity index is 1.98. The molecule has 0 fully saturated rings. The molecule has 0 amide bonds. The number of benzene rings is 1. The number of hydrogen-bond donors (Lipinski definition) is 1. The van der Waals surface area contributed by atoms with Gasteiger partial charge in [-0.2, -0.15) is 0 Å². The highest BCUT2D eigenvalue weighted by molar-refractivity contribution is 7.98. The molecule has 128 valence electrons. The molecule has 25 heavy (non-hydrogen) atoms. The van der Waals surface area contributed by atoms with Gasteiger partial charge in [0.2, 0.25) is 5.82 Å². The van der Waals surface area contributed by atoms with Crippen LogP contribution in [0.3, 0.4) is 0 Å². The number of rotatable bonds is 5. The highest BCUT2D eigenvalue weighted by atomic mass is 32.2. The van der Waals surface area contributed by atoms with Gasteiger partial charge in [0.05, 0.1) is 12.9 Å². The van der Waals surface area contributed by atoms with Crippen molar-refractivity contribution in [1.82, 2.24) is 19.5 Å². The van der Waals surface area contributed by atoms with Crippen molar-refractivity contribution in [2.75, 3.05) is 6.61 Å². The second-order valence-corrected chi connectivity index (χ2v) is 6.78. The summed E-state index contributed by atoms with van der Waals surface area (Å²) in [5.41, 5.74) is 2.84. The highest BCUT2D eigenvalue weighted by Gasteiger charge is 2.14. The van der Waals surface area contributed by atoms with Gasteiger partial charge in [0, 0.05) is 18.2 Å². The van der Waals surface area contributed by atoms with Crippen LogP contribution in [0.1, 0.15) is 37.7 Å². The van der Waals surface area contributed by atoms with Gasteiger partial charge in [0.1, 0.15) is 10.5 Å². The van der Waals surface area contributed by atoms with E-state index in [2.05, 4.69) is 52.8 Å². The SMILES string of the molecule is CC(C)n1cnc2c(SCc3ccccc3)nc(C#CCCO)nc21. The van der Waals surface area contributed by atoms with Crippen molar-refractivity contribution >= 4 is 22.9 Å². The van der Waals surface area contributed by atoms with E-state index in [0.29, 0.717) is 12.2 Å². The zero-order chi connectivity index (χ0) is 17.6. The van der Waals surface area contributed by atoms with Crippen LogP contribution in [0.5, 0.6) is 0 Å². The van der Waals surface area contributed by atoms with E-state index < -0.39 is 0 Å². The Morgan fingerprint density at radius 1 is 1.20 bits per heavy atom. The van der Waals surface area contributed by atoms with Crippen molar-refractivity contribution < 1.29 is 5.11 Å². The van der Waals surface area contributed by atoms with Crippen LogP contribution < -0.4 is 0 Å². The molecule has 3 rings (SSSR count). The molecule has 0 atom stereocenters. The number of aromatic nitrogens is 4. The van der Waals surface area contributed by atoms with E-state index in [0.717, 1.165) is 21.9 Å². The van der Waals surface area contributed by atoms with Crippen molar-refractivity contribution in [3.05, 3.63) is 48.0 Å². The summed E-state index contributed by atoms with van der Waals surface area (Å²) in [7, 11) is 0. The van der Waals surface area contributed by atoms with Gasteiger partial charge in [-0.25, -0.2) is 15.0 Å². The number of aliphatic hydroxyl groups excluding tert-OH is 1. The van der Waals surface area contributed by atoms with Crippen LogP contribution in [0.15, 0.2) is 41.7 Å². The third-order valence-corrected chi connectivity index (χ3v) is 4.64. The summed E-state index contributed by atoms with van der Waals surface area (Å²) in [6.07, 6.45) is 2.22. The van der Waals surface area contributed by atoms with Crippen LogP contribution in [0, 0.1) is 11.8 Å². The van der Waals surface area contributed by atoms with E-state index in [9.17, 15) is 0 Å². The van der Waals surface area contributed by atoms with Crippen molar-refractivity contribution in [1.29, 1.82) is 0 Å². The minimum atomic E-state index is 0.0365. The average Bonchev–Trinajstić information content (AvgIpc) is 3.05. The highest BCUT2D eigenvalue weighted by Crippen LogP contribution is 2.28. The van der Waals surface area contributed by atoms with Crippen LogP contribution in [-0.2, 0) is 5.75 Å². The molecule has 6 heteroatoms. The first-order valence-corrected chi connectivity index (χ1v) is 9.18. The molecule has 5 nitrogen and oxygen atoms in total. The molecule has 1 N–H and O–H groups in total. The fourth-order valence-corrected chi connectivity index (χ4v) is 3.28. The summed E-state index contributed by atoms with van der Waals surface area (Å²) in [5, 5.41) is 9.74. The fraction of sp³-hybridized carbons (Fsp3) is 0.316. The van der Waals surface area contributed by atoms with Gasteiger partial charge in [0.25, 0.3) is 0 Å². The average molecular weight is 352 g/mol. The molecular weight excluding hydrogens is 332 g/mol. The molecule has 0 aliphatic carbocycles. The maximum absolute atomic E-state index is 8.90. The molecule has 3 aromatic rings. The first kappa shape index (κ1) is 17.5. The summed E-state index contributed by atoms with van der Waals surface area (Å²) in [5.74, 6) is 7.12. The fourth-order valence-electron chi connectivity index (χ4n) is 2.35. The lowest BCUT2D eigenvalue weighted by atomic mass is 10.2. The second-order valence-electron chi connectivity index (χ2n) is 5.82. The van der Waals surface area contributed by atoms with E-state index in [1.165, 1.54) is 5.56 Å². The van der Waals surface area contributed by atoms with Gasteiger partial charge in [-0.15, -0.1) is 0 Å². The molecule has 2 heterocycles.